The zero-order chi connectivity index (χ0) is 13.5. The SMILES string of the molecule is CC1(C)CCC(CN)(OCC2CC3CCC2C3)CC1. The van der Waals surface area contributed by atoms with Gasteiger partial charge in [0.05, 0.1) is 12.2 Å². The van der Waals surface area contributed by atoms with Crippen LogP contribution in [0, 0.1) is 23.2 Å². The summed E-state index contributed by atoms with van der Waals surface area (Å²) >= 11 is 0. The standard InChI is InChI=1S/C17H31NO/c1-16(2)5-7-17(12-18,8-6-16)19-11-15-10-13-3-4-14(15)9-13/h13-15H,3-12,18H2,1-2H3. The molecule has 19 heavy (non-hydrogen) atoms. The lowest BCUT2D eigenvalue weighted by atomic mass is 9.71. The summed E-state index contributed by atoms with van der Waals surface area (Å²) in [6.07, 6.45) is 10.7. The molecule has 3 rings (SSSR count). The third-order valence-electron chi connectivity index (χ3n) is 6.37. The molecule has 2 heteroatoms. The summed E-state index contributed by atoms with van der Waals surface area (Å²) in [5.41, 5.74) is 6.57. The lowest BCUT2D eigenvalue weighted by molar-refractivity contribution is -0.0975. The van der Waals surface area contributed by atoms with E-state index >= 15 is 0 Å². The summed E-state index contributed by atoms with van der Waals surface area (Å²) in [5, 5.41) is 0. The molecule has 3 aliphatic rings. The summed E-state index contributed by atoms with van der Waals surface area (Å²) in [5.74, 6) is 2.84. The molecule has 110 valence electrons. The second-order valence-corrected chi connectivity index (χ2v) is 8.30. The van der Waals surface area contributed by atoms with Crippen molar-refractivity contribution >= 4 is 0 Å². The van der Waals surface area contributed by atoms with Crippen molar-refractivity contribution in [3.63, 3.8) is 0 Å². The minimum Gasteiger partial charge on any atom is -0.373 e. The van der Waals surface area contributed by atoms with Crippen molar-refractivity contribution in [2.24, 2.45) is 28.9 Å². The molecule has 0 aromatic heterocycles. The Morgan fingerprint density at radius 3 is 2.32 bits per heavy atom. The van der Waals surface area contributed by atoms with Crippen LogP contribution in [-0.4, -0.2) is 18.8 Å². The molecule has 2 nitrogen and oxygen atoms in total. The molecule has 0 heterocycles. The molecule has 0 radical (unpaired) electrons. The van der Waals surface area contributed by atoms with Crippen LogP contribution in [0.15, 0.2) is 0 Å². The van der Waals surface area contributed by atoms with Crippen LogP contribution in [0.4, 0.5) is 0 Å². The zero-order valence-electron chi connectivity index (χ0n) is 12.8. The van der Waals surface area contributed by atoms with E-state index < -0.39 is 0 Å². The first-order chi connectivity index (χ1) is 9.02. The summed E-state index contributed by atoms with van der Waals surface area (Å²) in [6.45, 7) is 6.45. The van der Waals surface area contributed by atoms with Crippen LogP contribution >= 0.6 is 0 Å². The van der Waals surface area contributed by atoms with E-state index in [9.17, 15) is 0 Å². The maximum Gasteiger partial charge on any atom is 0.0804 e. The number of nitrogens with two attached hydrogens (primary N) is 1. The fraction of sp³-hybridized carbons (Fsp3) is 1.00. The van der Waals surface area contributed by atoms with Gasteiger partial charge in [-0.2, -0.15) is 0 Å². The van der Waals surface area contributed by atoms with E-state index in [0.29, 0.717) is 12.0 Å². The van der Waals surface area contributed by atoms with Gasteiger partial charge in [-0.05, 0) is 68.1 Å². The predicted molar refractivity (Wildman–Crippen MR) is 78.9 cm³/mol. The molecule has 2 N–H and O–H groups in total. The summed E-state index contributed by atoms with van der Waals surface area (Å²) in [4.78, 5) is 0. The van der Waals surface area contributed by atoms with E-state index in [0.717, 1.165) is 37.2 Å². The molecular formula is C17H31NO. The van der Waals surface area contributed by atoms with Crippen LogP contribution in [0.5, 0.6) is 0 Å². The summed E-state index contributed by atoms with van der Waals surface area (Å²) in [7, 11) is 0. The highest BCUT2D eigenvalue weighted by atomic mass is 16.5. The van der Waals surface area contributed by atoms with Gasteiger partial charge >= 0.3 is 0 Å². The van der Waals surface area contributed by atoms with Gasteiger partial charge in [-0.25, -0.2) is 0 Å². The smallest absolute Gasteiger partial charge is 0.0804 e. The maximum atomic E-state index is 6.42. The van der Waals surface area contributed by atoms with Gasteiger partial charge in [-0.1, -0.05) is 20.3 Å². The Labute approximate surface area is 118 Å². The summed E-state index contributed by atoms with van der Waals surface area (Å²) < 4.78 is 6.42. The highest BCUT2D eigenvalue weighted by Gasteiger charge is 2.42. The van der Waals surface area contributed by atoms with Crippen molar-refractivity contribution in [1.82, 2.24) is 0 Å². The molecule has 2 bridgehead atoms. The molecule has 3 unspecified atom stereocenters. The Kier molecular flexibility index (Phi) is 3.68. The number of ether oxygens (including phenoxy) is 1. The second kappa shape index (κ2) is 5.04. The first-order valence-corrected chi connectivity index (χ1v) is 8.36. The third kappa shape index (κ3) is 2.85. The van der Waals surface area contributed by atoms with E-state index in [2.05, 4.69) is 13.8 Å². The van der Waals surface area contributed by atoms with Gasteiger partial charge in [0.1, 0.15) is 0 Å². The summed E-state index contributed by atoms with van der Waals surface area (Å²) in [6, 6.07) is 0. The lowest BCUT2D eigenvalue weighted by Crippen LogP contribution is -2.46. The van der Waals surface area contributed by atoms with Gasteiger partial charge in [-0.15, -0.1) is 0 Å². The highest BCUT2D eigenvalue weighted by Crippen LogP contribution is 2.49. The minimum absolute atomic E-state index is 0.0113. The van der Waals surface area contributed by atoms with Gasteiger partial charge in [0.15, 0.2) is 0 Å². The third-order valence-corrected chi connectivity index (χ3v) is 6.37. The van der Waals surface area contributed by atoms with Gasteiger partial charge in [-0.3, -0.25) is 0 Å². The van der Waals surface area contributed by atoms with Crippen LogP contribution in [0.2, 0.25) is 0 Å². The Bertz CT molecular complexity index is 315. The molecule has 0 amide bonds. The van der Waals surface area contributed by atoms with Crippen molar-refractivity contribution in [3.8, 4) is 0 Å². The fourth-order valence-electron chi connectivity index (χ4n) is 4.65. The van der Waals surface area contributed by atoms with Gasteiger partial charge in [0.2, 0.25) is 0 Å². The van der Waals surface area contributed by atoms with Crippen LogP contribution in [0.25, 0.3) is 0 Å². The molecule has 3 atom stereocenters. The maximum absolute atomic E-state index is 6.42. The van der Waals surface area contributed by atoms with E-state index in [1.54, 1.807) is 0 Å². The Balaban J connectivity index is 1.53. The Hall–Kier alpha value is -0.0800. The monoisotopic (exact) mass is 265 g/mol. The van der Waals surface area contributed by atoms with E-state index in [-0.39, 0.29) is 5.60 Å². The number of rotatable bonds is 4. The molecule has 0 saturated heterocycles. The molecule has 0 aliphatic heterocycles. The Morgan fingerprint density at radius 1 is 1.05 bits per heavy atom. The van der Waals surface area contributed by atoms with Gasteiger partial charge in [0, 0.05) is 6.54 Å². The molecular weight excluding hydrogens is 234 g/mol. The molecule has 3 saturated carbocycles. The molecule has 3 fully saturated rings. The predicted octanol–water partition coefficient (Wildman–Crippen LogP) is 3.74. The van der Waals surface area contributed by atoms with E-state index in [1.807, 2.05) is 0 Å². The molecule has 0 aromatic carbocycles. The number of hydrogen-bond donors (Lipinski definition) is 1. The van der Waals surface area contributed by atoms with Crippen LogP contribution in [0.3, 0.4) is 0 Å². The van der Waals surface area contributed by atoms with Crippen LogP contribution in [-0.2, 0) is 4.74 Å². The van der Waals surface area contributed by atoms with Crippen molar-refractivity contribution in [3.05, 3.63) is 0 Å². The Morgan fingerprint density at radius 2 is 1.79 bits per heavy atom. The fourth-order valence-corrected chi connectivity index (χ4v) is 4.65. The van der Waals surface area contributed by atoms with E-state index in [1.165, 1.54) is 38.5 Å². The normalized spacial score (nSPS) is 39.6. The lowest BCUT2D eigenvalue weighted by Gasteiger charge is -2.43. The number of fused-ring (bicyclic) bond motifs is 2. The molecule has 3 aliphatic carbocycles. The average Bonchev–Trinajstić information content (AvgIpc) is 3.01. The minimum atomic E-state index is 0.0113. The van der Waals surface area contributed by atoms with Crippen molar-refractivity contribution in [1.29, 1.82) is 0 Å². The molecule has 0 spiro atoms. The van der Waals surface area contributed by atoms with Crippen molar-refractivity contribution in [2.75, 3.05) is 13.2 Å². The first-order valence-electron chi connectivity index (χ1n) is 8.36. The largest absolute Gasteiger partial charge is 0.373 e. The second-order valence-electron chi connectivity index (χ2n) is 8.30. The van der Waals surface area contributed by atoms with E-state index in [4.69, 9.17) is 10.5 Å². The topological polar surface area (TPSA) is 35.2 Å². The number of hydrogen-bond acceptors (Lipinski definition) is 2. The van der Waals surface area contributed by atoms with Gasteiger partial charge < -0.3 is 10.5 Å². The van der Waals surface area contributed by atoms with Crippen molar-refractivity contribution in [2.45, 2.75) is 70.8 Å². The first kappa shape index (κ1) is 13.9. The molecule has 0 aromatic rings. The van der Waals surface area contributed by atoms with Gasteiger partial charge in [0.25, 0.3) is 0 Å². The van der Waals surface area contributed by atoms with Crippen molar-refractivity contribution < 1.29 is 4.74 Å². The zero-order valence-corrected chi connectivity index (χ0v) is 12.8. The van der Waals surface area contributed by atoms with Crippen LogP contribution in [0.1, 0.15) is 65.2 Å². The quantitative estimate of drug-likeness (QED) is 0.840. The van der Waals surface area contributed by atoms with Crippen LogP contribution < -0.4 is 5.73 Å². The highest BCUT2D eigenvalue weighted by molar-refractivity contribution is 4.94. The average molecular weight is 265 g/mol.